The molecule has 1 unspecified atom stereocenters. The van der Waals surface area contributed by atoms with Crippen LogP contribution in [0.4, 0.5) is 0 Å². The predicted octanol–water partition coefficient (Wildman–Crippen LogP) is 4.24. The van der Waals surface area contributed by atoms with Gasteiger partial charge in [-0.25, -0.2) is 0 Å². The van der Waals surface area contributed by atoms with Gasteiger partial charge in [-0.2, -0.15) is 0 Å². The molecule has 1 aliphatic rings. The first-order valence-electron chi connectivity index (χ1n) is 10.5. The van der Waals surface area contributed by atoms with E-state index in [-0.39, 0.29) is 22.8 Å². The van der Waals surface area contributed by atoms with Gasteiger partial charge in [0.2, 0.25) is 0 Å². The number of amides is 1. The van der Waals surface area contributed by atoms with Gasteiger partial charge >= 0.3 is 0 Å². The number of ketones is 1. The highest BCUT2D eigenvalue weighted by molar-refractivity contribution is 6.02. The largest absolute Gasteiger partial charge is 0.345 e. The van der Waals surface area contributed by atoms with Gasteiger partial charge in [0.25, 0.3) is 11.5 Å². The number of fused-ring (bicyclic) bond motifs is 1. The molecule has 0 bridgehead atoms. The summed E-state index contributed by atoms with van der Waals surface area (Å²) in [6.45, 7) is 4.00. The first-order chi connectivity index (χ1) is 14.8. The molecule has 5 heteroatoms. The molecule has 31 heavy (non-hydrogen) atoms. The number of hydrogen-bond donors (Lipinski definition) is 2. The Morgan fingerprint density at radius 3 is 2.32 bits per heavy atom. The molecule has 4 rings (SSSR count). The van der Waals surface area contributed by atoms with Crippen LogP contribution in [0.25, 0.3) is 0 Å². The number of nitrogens with one attached hydrogen (secondary N) is 2. The van der Waals surface area contributed by atoms with Gasteiger partial charge in [-0.15, -0.1) is 0 Å². The van der Waals surface area contributed by atoms with Crippen molar-refractivity contribution >= 4 is 11.7 Å². The zero-order chi connectivity index (χ0) is 22.0. The van der Waals surface area contributed by atoms with Crippen molar-refractivity contribution < 1.29 is 9.59 Å². The molecular weight excluding hydrogens is 388 g/mol. The maximum atomic E-state index is 13.1. The lowest BCUT2D eigenvalue weighted by atomic mass is 9.75. The highest BCUT2D eigenvalue weighted by Gasteiger charge is 2.33. The predicted molar refractivity (Wildman–Crippen MR) is 120 cm³/mol. The van der Waals surface area contributed by atoms with E-state index < -0.39 is 11.5 Å². The Morgan fingerprint density at radius 2 is 1.65 bits per heavy atom. The van der Waals surface area contributed by atoms with E-state index in [9.17, 15) is 14.4 Å². The highest BCUT2D eigenvalue weighted by Crippen LogP contribution is 2.33. The fourth-order valence-electron chi connectivity index (χ4n) is 4.22. The molecule has 0 fully saturated rings. The van der Waals surface area contributed by atoms with Crippen molar-refractivity contribution in [1.29, 1.82) is 0 Å². The second-order valence-electron chi connectivity index (χ2n) is 8.97. The molecule has 1 atom stereocenters. The summed E-state index contributed by atoms with van der Waals surface area (Å²) in [6, 6.07) is 20.7. The van der Waals surface area contributed by atoms with E-state index in [2.05, 4.69) is 10.3 Å². The van der Waals surface area contributed by atoms with Crippen LogP contribution >= 0.6 is 0 Å². The summed E-state index contributed by atoms with van der Waals surface area (Å²) in [7, 11) is 0. The monoisotopic (exact) mass is 414 g/mol. The van der Waals surface area contributed by atoms with Crippen molar-refractivity contribution in [2.24, 2.45) is 5.41 Å². The van der Waals surface area contributed by atoms with E-state index >= 15 is 0 Å². The number of rotatable bonds is 5. The van der Waals surface area contributed by atoms with Crippen LogP contribution in [0, 0.1) is 5.41 Å². The van der Waals surface area contributed by atoms with Gasteiger partial charge in [-0.3, -0.25) is 14.4 Å². The summed E-state index contributed by atoms with van der Waals surface area (Å²) < 4.78 is 0. The van der Waals surface area contributed by atoms with Gasteiger partial charge in [-0.1, -0.05) is 74.5 Å². The topological polar surface area (TPSA) is 79.0 Å². The molecule has 5 nitrogen and oxygen atoms in total. The third kappa shape index (κ3) is 4.66. The van der Waals surface area contributed by atoms with Gasteiger partial charge in [0.15, 0.2) is 5.78 Å². The molecule has 1 heterocycles. The van der Waals surface area contributed by atoms with Crippen LogP contribution in [0.2, 0.25) is 0 Å². The summed E-state index contributed by atoms with van der Waals surface area (Å²) >= 11 is 0. The normalized spacial score (nSPS) is 15.7. The van der Waals surface area contributed by atoms with Crippen LogP contribution in [0.3, 0.4) is 0 Å². The first kappa shape index (κ1) is 20.8. The number of carbonyl (C=O) groups is 2. The molecule has 0 spiro atoms. The number of hydrogen-bond acceptors (Lipinski definition) is 3. The zero-order valence-corrected chi connectivity index (χ0v) is 17.8. The summed E-state index contributed by atoms with van der Waals surface area (Å²) in [5.41, 5.74) is 2.40. The number of aromatic nitrogens is 1. The lowest BCUT2D eigenvalue weighted by Crippen LogP contribution is -2.36. The van der Waals surface area contributed by atoms with Crippen LogP contribution in [0.5, 0.6) is 0 Å². The van der Waals surface area contributed by atoms with E-state index in [0.717, 1.165) is 11.1 Å². The molecular formula is C26H26N2O3. The summed E-state index contributed by atoms with van der Waals surface area (Å²) in [4.78, 5) is 41.2. The van der Waals surface area contributed by atoms with E-state index in [1.165, 1.54) is 6.07 Å². The molecule has 0 saturated carbocycles. The lowest BCUT2D eigenvalue weighted by Gasteiger charge is -2.29. The minimum absolute atomic E-state index is 0.0270. The molecule has 1 aliphatic carbocycles. The van der Waals surface area contributed by atoms with Crippen molar-refractivity contribution in [2.45, 2.75) is 39.2 Å². The fourth-order valence-corrected chi connectivity index (χ4v) is 4.22. The minimum atomic E-state index is -0.480. The zero-order valence-electron chi connectivity index (χ0n) is 17.8. The molecule has 0 aliphatic heterocycles. The van der Waals surface area contributed by atoms with Gasteiger partial charge in [0.05, 0.1) is 6.04 Å². The molecule has 1 amide bonds. The van der Waals surface area contributed by atoms with Crippen molar-refractivity contribution in [2.75, 3.05) is 0 Å². The lowest BCUT2D eigenvalue weighted by molar-refractivity contribution is 0.0910. The summed E-state index contributed by atoms with van der Waals surface area (Å²) in [5.74, 6) is -0.521. The third-order valence-corrected chi connectivity index (χ3v) is 5.75. The van der Waals surface area contributed by atoms with Crippen molar-refractivity contribution in [1.82, 2.24) is 10.3 Å². The molecule has 0 saturated heterocycles. The quantitative estimate of drug-likeness (QED) is 0.655. The molecule has 158 valence electrons. The SMILES string of the molecule is CC1(C)CC(=O)c2cc(C(=O)NC(Cc3ccccc3)c3ccccc3)c(=O)[nH]c2C1. The Balaban J connectivity index is 1.64. The number of carbonyl (C=O) groups excluding carboxylic acids is 2. The number of benzene rings is 2. The molecule has 1 aromatic heterocycles. The Morgan fingerprint density at radius 1 is 1.00 bits per heavy atom. The number of pyridine rings is 1. The van der Waals surface area contributed by atoms with E-state index in [4.69, 9.17) is 0 Å². The molecule has 2 N–H and O–H groups in total. The Bertz CT molecular complexity index is 1160. The average molecular weight is 415 g/mol. The van der Waals surface area contributed by atoms with Crippen LogP contribution in [-0.2, 0) is 12.8 Å². The third-order valence-electron chi connectivity index (χ3n) is 5.75. The fraction of sp³-hybridized carbons (Fsp3) is 0.269. The summed E-state index contributed by atoms with van der Waals surface area (Å²) in [5, 5.41) is 3.01. The summed E-state index contributed by atoms with van der Waals surface area (Å²) in [6.07, 6.45) is 1.59. The first-order valence-corrected chi connectivity index (χ1v) is 10.5. The number of Topliss-reactive ketones (excluding diaryl/α,β-unsaturated/α-hetero) is 1. The van der Waals surface area contributed by atoms with Gasteiger partial charge in [0.1, 0.15) is 5.56 Å². The van der Waals surface area contributed by atoms with Crippen molar-refractivity contribution in [3.05, 3.63) is 105 Å². The van der Waals surface area contributed by atoms with E-state index in [1.54, 1.807) is 0 Å². The van der Waals surface area contributed by atoms with Crippen molar-refractivity contribution in [3.63, 3.8) is 0 Å². The number of aromatic amines is 1. The maximum Gasteiger partial charge on any atom is 0.261 e. The van der Waals surface area contributed by atoms with Gasteiger partial charge < -0.3 is 10.3 Å². The van der Waals surface area contributed by atoms with Crippen LogP contribution in [-0.4, -0.2) is 16.7 Å². The van der Waals surface area contributed by atoms with Gasteiger partial charge in [-0.05, 0) is 35.4 Å². The molecule has 0 radical (unpaired) electrons. The van der Waals surface area contributed by atoms with Crippen LogP contribution in [0.1, 0.15) is 63.8 Å². The molecule has 2 aromatic carbocycles. The van der Waals surface area contributed by atoms with Gasteiger partial charge in [0, 0.05) is 17.7 Å². The second-order valence-corrected chi connectivity index (χ2v) is 8.97. The average Bonchev–Trinajstić information content (AvgIpc) is 2.73. The van der Waals surface area contributed by atoms with Crippen molar-refractivity contribution in [3.8, 4) is 0 Å². The second kappa shape index (κ2) is 8.34. The van der Waals surface area contributed by atoms with Crippen LogP contribution < -0.4 is 10.9 Å². The smallest absolute Gasteiger partial charge is 0.261 e. The maximum absolute atomic E-state index is 13.1. The Hall–Kier alpha value is -3.47. The van der Waals surface area contributed by atoms with E-state index in [0.29, 0.717) is 30.5 Å². The Labute approximate surface area is 181 Å². The minimum Gasteiger partial charge on any atom is -0.345 e. The Kier molecular flexibility index (Phi) is 5.59. The standard InChI is InChI=1S/C26H26N2O3/c1-26(2)15-22-19(23(29)16-26)14-20(25(31)28-22)24(30)27-21(18-11-7-4-8-12-18)13-17-9-5-3-6-10-17/h3-12,14,21H,13,15-16H2,1-2H3,(H,27,30)(H,28,31). The number of H-pyrrole nitrogens is 1. The highest BCUT2D eigenvalue weighted by atomic mass is 16.2. The molecule has 3 aromatic rings. The van der Waals surface area contributed by atoms with Crippen LogP contribution in [0.15, 0.2) is 71.5 Å². The van der Waals surface area contributed by atoms with E-state index in [1.807, 2.05) is 74.5 Å².